The van der Waals surface area contributed by atoms with Crippen LogP contribution in [0.5, 0.6) is 5.75 Å². The molecule has 7 heteroatoms. The first-order valence-electron chi connectivity index (χ1n) is 8.84. The zero-order valence-corrected chi connectivity index (χ0v) is 16.2. The van der Waals surface area contributed by atoms with Crippen molar-refractivity contribution >= 4 is 11.6 Å². The molecule has 0 aliphatic heterocycles. The minimum atomic E-state index is -0.164. The van der Waals surface area contributed by atoms with Crippen molar-refractivity contribution in [1.29, 1.82) is 0 Å². The van der Waals surface area contributed by atoms with Crippen LogP contribution in [0.25, 0.3) is 11.6 Å². The number of carbonyl (C=O) groups is 1. The number of amides is 1. The number of hydrogen-bond acceptors (Lipinski definition) is 5. The molecule has 0 unspecified atom stereocenters. The summed E-state index contributed by atoms with van der Waals surface area (Å²) in [7, 11) is 1.57. The maximum atomic E-state index is 12.7. The number of aryl methyl sites for hydroxylation is 2. The lowest BCUT2D eigenvalue weighted by Gasteiger charge is -2.12. The van der Waals surface area contributed by atoms with Gasteiger partial charge in [-0.25, -0.2) is 0 Å². The predicted molar refractivity (Wildman–Crippen MR) is 103 cm³/mol. The van der Waals surface area contributed by atoms with E-state index in [-0.39, 0.29) is 18.4 Å². The van der Waals surface area contributed by atoms with E-state index in [9.17, 15) is 4.79 Å². The van der Waals surface area contributed by atoms with Crippen LogP contribution in [-0.2, 0) is 11.3 Å². The number of aromatic nitrogens is 3. The van der Waals surface area contributed by atoms with E-state index in [1.807, 2.05) is 50.5 Å². The maximum absolute atomic E-state index is 12.7. The number of nitrogens with one attached hydrogen (secondary N) is 1. The van der Waals surface area contributed by atoms with E-state index in [1.54, 1.807) is 19.2 Å². The Morgan fingerprint density at radius 3 is 2.70 bits per heavy atom. The van der Waals surface area contributed by atoms with Gasteiger partial charge in [0, 0.05) is 11.6 Å². The summed E-state index contributed by atoms with van der Waals surface area (Å²) in [6, 6.07) is 9.32. The Balaban J connectivity index is 1.87. The number of para-hydroxylation sites is 2. The second-order valence-corrected chi connectivity index (χ2v) is 6.76. The Kier molecular flexibility index (Phi) is 5.30. The largest absolute Gasteiger partial charge is 0.495 e. The molecule has 2 heterocycles. The molecule has 1 N–H and O–H groups in total. The molecule has 0 saturated carbocycles. The van der Waals surface area contributed by atoms with E-state index in [4.69, 9.17) is 9.26 Å². The van der Waals surface area contributed by atoms with Gasteiger partial charge in [-0.05, 0) is 37.6 Å². The third kappa shape index (κ3) is 3.86. The van der Waals surface area contributed by atoms with Crippen molar-refractivity contribution < 1.29 is 14.1 Å². The Morgan fingerprint density at radius 1 is 1.30 bits per heavy atom. The van der Waals surface area contributed by atoms with E-state index in [2.05, 4.69) is 15.5 Å². The topological polar surface area (TPSA) is 82.2 Å². The fourth-order valence-corrected chi connectivity index (χ4v) is 2.98. The van der Waals surface area contributed by atoms with Gasteiger partial charge in [0.05, 0.1) is 12.8 Å². The fraction of sp³-hybridized carbons (Fsp3) is 0.350. The lowest BCUT2D eigenvalue weighted by molar-refractivity contribution is -0.116. The van der Waals surface area contributed by atoms with Crippen LogP contribution in [-0.4, -0.2) is 27.7 Å². The smallest absolute Gasteiger partial charge is 0.274 e. The van der Waals surface area contributed by atoms with E-state index in [1.165, 1.54) is 0 Å². The summed E-state index contributed by atoms with van der Waals surface area (Å²) in [4.78, 5) is 17.1. The quantitative estimate of drug-likeness (QED) is 0.713. The number of hydrogen-bond donors (Lipinski definition) is 1. The number of anilines is 1. The van der Waals surface area contributed by atoms with E-state index in [0.717, 1.165) is 17.0 Å². The Labute approximate surface area is 158 Å². The summed E-state index contributed by atoms with van der Waals surface area (Å²) in [6.45, 7) is 8.06. The third-order valence-electron chi connectivity index (χ3n) is 4.34. The number of nitrogens with zero attached hydrogens (tertiary/aromatic N) is 3. The van der Waals surface area contributed by atoms with Crippen LogP contribution in [0.4, 0.5) is 5.69 Å². The van der Waals surface area contributed by atoms with E-state index in [0.29, 0.717) is 23.2 Å². The molecule has 27 heavy (non-hydrogen) atoms. The molecule has 3 rings (SSSR count). The number of benzene rings is 1. The second kappa shape index (κ2) is 7.65. The lowest BCUT2D eigenvalue weighted by Crippen LogP contribution is -2.20. The van der Waals surface area contributed by atoms with Gasteiger partial charge < -0.3 is 19.1 Å². The number of carbonyl (C=O) groups excluding carboxylic acids is 1. The highest BCUT2D eigenvalue weighted by Crippen LogP contribution is 2.28. The van der Waals surface area contributed by atoms with Crippen molar-refractivity contribution in [1.82, 2.24) is 14.7 Å². The second-order valence-electron chi connectivity index (χ2n) is 6.76. The molecule has 1 aromatic carbocycles. The van der Waals surface area contributed by atoms with Crippen LogP contribution < -0.4 is 10.1 Å². The van der Waals surface area contributed by atoms with Crippen molar-refractivity contribution in [2.24, 2.45) is 0 Å². The average molecular weight is 368 g/mol. The molecule has 0 saturated heterocycles. The first-order valence-corrected chi connectivity index (χ1v) is 8.84. The molecular formula is C20H24N4O3. The molecule has 0 fully saturated rings. The van der Waals surface area contributed by atoms with Gasteiger partial charge in [-0.15, -0.1) is 0 Å². The molecule has 2 aromatic heterocycles. The number of ether oxygens (including phenoxy) is 1. The highest BCUT2D eigenvalue weighted by molar-refractivity contribution is 5.92. The SMILES string of the molecule is COc1ccccc1NC(=O)Cn1c(C)cc(C)c1-c1nc(C(C)C)no1. The van der Waals surface area contributed by atoms with Gasteiger partial charge in [0.1, 0.15) is 18.0 Å². The van der Waals surface area contributed by atoms with Crippen molar-refractivity contribution in [2.75, 3.05) is 12.4 Å². The van der Waals surface area contributed by atoms with Gasteiger partial charge in [-0.1, -0.05) is 31.1 Å². The van der Waals surface area contributed by atoms with Crippen LogP contribution in [0.1, 0.15) is 36.8 Å². The molecule has 0 aliphatic carbocycles. The zero-order chi connectivity index (χ0) is 19.6. The summed E-state index contributed by atoms with van der Waals surface area (Å²) >= 11 is 0. The van der Waals surface area contributed by atoms with Crippen molar-refractivity contribution in [2.45, 2.75) is 40.2 Å². The van der Waals surface area contributed by atoms with Crippen molar-refractivity contribution in [3.8, 4) is 17.3 Å². The molecule has 142 valence electrons. The van der Waals surface area contributed by atoms with Gasteiger partial charge in [0.2, 0.25) is 5.91 Å². The molecule has 0 spiro atoms. The van der Waals surface area contributed by atoms with Gasteiger partial charge in [0.15, 0.2) is 5.82 Å². The molecule has 7 nitrogen and oxygen atoms in total. The molecule has 0 radical (unpaired) electrons. The highest BCUT2D eigenvalue weighted by Gasteiger charge is 2.21. The standard InChI is InChI=1S/C20H24N4O3/c1-12(2)19-22-20(27-23-19)18-13(3)10-14(4)24(18)11-17(25)21-15-8-6-7-9-16(15)26-5/h6-10,12H,11H2,1-5H3,(H,21,25). The summed E-state index contributed by atoms with van der Waals surface area (Å²) < 4.78 is 12.6. The monoisotopic (exact) mass is 368 g/mol. The van der Waals surface area contributed by atoms with Crippen LogP contribution in [0.2, 0.25) is 0 Å². The minimum absolute atomic E-state index is 0.131. The first kappa shape index (κ1) is 18.7. The Hall–Kier alpha value is -3.09. The van der Waals surface area contributed by atoms with Gasteiger partial charge in [-0.3, -0.25) is 4.79 Å². The number of methoxy groups -OCH3 is 1. The Bertz CT molecular complexity index is 956. The van der Waals surface area contributed by atoms with Crippen molar-refractivity contribution in [3.63, 3.8) is 0 Å². The van der Waals surface area contributed by atoms with E-state index < -0.39 is 0 Å². The minimum Gasteiger partial charge on any atom is -0.495 e. The molecule has 0 bridgehead atoms. The van der Waals surface area contributed by atoms with Crippen molar-refractivity contribution in [3.05, 3.63) is 47.4 Å². The van der Waals surface area contributed by atoms with Crippen LogP contribution >= 0.6 is 0 Å². The van der Waals surface area contributed by atoms with Crippen LogP contribution in [0, 0.1) is 13.8 Å². The maximum Gasteiger partial charge on any atom is 0.274 e. The summed E-state index contributed by atoms with van der Waals surface area (Å²) in [6.07, 6.45) is 0. The zero-order valence-electron chi connectivity index (χ0n) is 16.2. The molecular weight excluding hydrogens is 344 g/mol. The summed E-state index contributed by atoms with van der Waals surface area (Å²) in [5, 5.41) is 6.93. The van der Waals surface area contributed by atoms with Gasteiger partial charge >= 0.3 is 0 Å². The molecule has 1 amide bonds. The van der Waals surface area contributed by atoms with Crippen LogP contribution in [0.15, 0.2) is 34.9 Å². The highest BCUT2D eigenvalue weighted by atomic mass is 16.5. The predicted octanol–water partition coefficient (Wildman–Crippen LogP) is 3.93. The Morgan fingerprint density at radius 2 is 2.04 bits per heavy atom. The number of rotatable bonds is 6. The lowest BCUT2D eigenvalue weighted by atomic mass is 10.2. The molecule has 3 aromatic rings. The fourth-order valence-electron chi connectivity index (χ4n) is 2.98. The summed E-state index contributed by atoms with van der Waals surface area (Å²) in [5.41, 5.74) is 3.33. The normalized spacial score (nSPS) is 11.0. The first-order chi connectivity index (χ1) is 12.9. The third-order valence-corrected chi connectivity index (χ3v) is 4.34. The van der Waals surface area contributed by atoms with Gasteiger partial charge in [-0.2, -0.15) is 4.98 Å². The average Bonchev–Trinajstić information content (AvgIpc) is 3.20. The van der Waals surface area contributed by atoms with Crippen LogP contribution in [0.3, 0.4) is 0 Å². The summed E-state index contributed by atoms with van der Waals surface area (Å²) in [5.74, 6) is 1.69. The van der Waals surface area contributed by atoms with Gasteiger partial charge in [0.25, 0.3) is 5.89 Å². The molecule has 0 atom stereocenters. The van der Waals surface area contributed by atoms with E-state index >= 15 is 0 Å². The molecule has 0 aliphatic rings.